The van der Waals surface area contributed by atoms with E-state index in [4.69, 9.17) is 0 Å². The lowest BCUT2D eigenvalue weighted by molar-refractivity contribution is -0.144. The van der Waals surface area contributed by atoms with Gasteiger partial charge >= 0.3 is 24.7 Å². The summed E-state index contributed by atoms with van der Waals surface area (Å²) < 4.78 is 167. The Balaban J connectivity index is 2.73. The predicted molar refractivity (Wildman–Crippen MR) is 79.8 cm³/mol. The summed E-state index contributed by atoms with van der Waals surface area (Å²) in [5.41, 5.74) is -7.67. The van der Waals surface area contributed by atoms with Crippen molar-refractivity contribution in [3.8, 4) is 0 Å². The molecule has 2 aromatic carbocycles. The average Bonchev–Trinajstić information content (AvgIpc) is 2.57. The Bertz CT molecular complexity index is 824. The molecule has 165 valence electrons. The van der Waals surface area contributed by atoms with Crippen LogP contribution in [0.15, 0.2) is 36.4 Å². The average molecular weight is 473 g/mol. The highest BCUT2D eigenvalue weighted by Crippen LogP contribution is 2.39. The molecule has 0 saturated heterocycles. The van der Waals surface area contributed by atoms with Crippen LogP contribution in [0.4, 0.5) is 52.7 Å². The van der Waals surface area contributed by atoms with Gasteiger partial charge in [0.25, 0.3) is 0 Å². The fraction of sp³-hybridized carbons (Fsp3) is 0.250. The standard InChI is InChI=1S/C16H6F12OP/c17-13(18,19)7-1-8(14(20,21)22)4-11(3-7)30(29)12-5-9(15(23,24)25)2-10(6-12)16(26,27)28/h1-6H. The first-order valence-electron chi connectivity index (χ1n) is 7.36. The van der Waals surface area contributed by atoms with E-state index in [0.717, 1.165) is 0 Å². The van der Waals surface area contributed by atoms with Crippen LogP contribution < -0.4 is 10.6 Å². The maximum absolute atomic E-state index is 12.9. The summed E-state index contributed by atoms with van der Waals surface area (Å²) in [6.45, 7) is 0. The molecule has 0 aliphatic rings. The second kappa shape index (κ2) is 7.44. The van der Waals surface area contributed by atoms with Gasteiger partial charge in [0.2, 0.25) is 0 Å². The molecule has 0 amide bonds. The first-order chi connectivity index (χ1) is 13.3. The zero-order chi connectivity index (χ0) is 23.3. The molecule has 0 bridgehead atoms. The van der Waals surface area contributed by atoms with Gasteiger partial charge in [-0.1, -0.05) is 0 Å². The van der Waals surface area contributed by atoms with Gasteiger partial charge in [0, 0.05) is 10.6 Å². The van der Waals surface area contributed by atoms with Gasteiger partial charge in [-0.05, 0) is 36.4 Å². The first kappa shape index (κ1) is 24.0. The number of rotatable bonds is 2. The Morgan fingerprint density at radius 3 is 0.800 bits per heavy atom. The third-order valence-electron chi connectivity index (χ3n) is 3.61. The van der Waals surface area contributed by atoms with Gasteiger partial charge in [0.15, 0.2) is 0 Å². The van der Waals surface area contributed by atoms with Crippen molar-refractivity contribution in [1.29, 1.82) is 0 Å². The van der Waals surface area contributed by atoms with Crippen LogP contribution in [0, 0.1) is 0 Å². The summed E-state index contributed by atoms with van der Waals surface area (Å²) in [5.74, 6) is 0. The van der Waals surface area contributed by atoms with Gasteiger partial charge < -0.3 is 0 Å². The summed E-state index contributed by atoms with van der Waals surface area (Å²) in [6.07, 6.45) is -21.4. The van der Waals surface area contributed by atoms with Crippen LogP contribution in [0.3, 0.4) is 0 Å². The third-order valence-corrected chi connectivity index (χ3v) is 5.07. The number of alkyl halides is 12. The van der Waals surface area contributed by atoms with Crippen molar-refractivity contribution in [1.82, 2.24) is 0 Å². The molecule has 0 atom stereocenters. The molecule has 0 unspecified atom stereocenters. The second-order valence-corrected chi connectivity index (χ2v) is 7.44. The summed E-state index contributed by atoms with van der Waals surface area (Å²) >= 11 is 0. The van der Waals surface area contributed by atoms with Crippen LogP contribution in [-0.2, 0) is 29.3 Å². The summed E-state index contributed by atoms with van der Waals surface area (Å²) in [4.78, 5) is 0. The van der Waals surface area contributed by atoms with E-state index in [0.29, 0.717) is 0 Å². The minimum atomic E-state index is -5.35. The van der Waals surface area contributed by atoms with E-state index < -0.39 is 65.4 Å². The van der Waals surface area contributed by atoms with E-state index in [9.17, 15) is 57.3 Å². The molecule has 0 aromatic heterocycles. The highest BCUT2D eigenvalue weighted by molar-refractivity contribution is 7.61. The highest BCUT2D eigenvalue weighted by atomic mass is 31.1. The monoisotopic (exact) mass is 473 g/mol. The van der Waals surface area contributed by atoms with Crippen molar-refractivity contribution < 1.29 is 57.3 Å². The van der Waals surface area contributed by atoms with E-state index in [1.54, 1.807) is 0 Å². The Kier molecular flexibility index (Phi) is 5.94. The van der Waals surface area contributed by atoms with Crippen molar-refractivity contribution in [2.45, 2.75) is 24.7 Å². The van der Waals surface area contributed by atoms with Gasteiger partial charge in [0.05, 0.1) is 22.3 Å². The van der Waals surface area contributed by atoms with Crippen LogP contribution in [0.5, 0.6) is 0 Å². The molecule has 0 fully saturated rings. The van der Waals surface area contributed by atoms with E-state index in [-0.39, 0.29) is 36.4 Å². The van der Waals surface area contributed by atoms with Gasteiger partial charge in [-0.2, -0.15) is 52.7 Å². The summed E-state index contributed by atoms with van der Waals surface area (Å²) in [6, 6.07) is -0.744. The maximum atomic E-state index is 12.9. The molecule has 0 saturated carbocycles. The molecule has 30 heavy (non-hydrogen) atoms. The Labute approximate surface area is 160 Å². The Morgan fingerprint density at radius 1 is 0.433 bits per heavy atom. The largest absolute Gasteiger partial charge is 0.416 e. The van der Waals surface area contributed by atoms with Crippen LogP contribution in [0.2, 0.25) is 0 Å². The molecule has 1 nitrogen and oxygen atoms in total. The Hall–Kier alpha value is -2.30. The minimum absolute atomic E-state index is 0.0263. The van der Waals surface area contributed by atoms with Crippen molar-refractivity contribution in [2.24, 2.45) is 0 Å². The van der Waals surface area contributed by atoms with E-state index in [1.165, 1.54) is 0 Å². The molecule has 14 heteroatoms. The molecular formula is C16H6F12OP. The normalized spacial score (nSPS) is 13.5. The lowest BCUT2D eigenvalue weighted by atomic mass is 10.1. The highest BCUT2D eigenvalue weighted by Gasteiger charge is 2.39. The maximum Gasteiger partial charge on any atom is 0.416 e. The van der Waals surface area contributed by atoms with Gasteiger partial charge in [-0.3, -0.25) is 4.57 Å². The number of hydrogen-bond acceptors (Lipinski definition) is 1. The van der Waals surface area contributed by atoms with Crippen molar-refractivity contribution in [2.75, 3.05) is 0 Å². The van der Waals surface area contributed by atoms with E-state index in [1.807, 2.05) is 0 Å². The fourth-order valence-corrected chi connectivity index (χ4v) is 3.58. The Morgan fingerprint density at radius 2 is 0.633 bits per heavy atom. The molecular weight excluding hydrogens is 467 g/mol. The topological polar surface area (TPSA) is 17.1 Å². The first-order valence-corrected chi connectivity index (χ1v) is 8.62. The zero-order valence-electron chi connectivity index (χ0n) is 13.9. The third kappa shape index (κ3) is 5.44. The summed E-state index contributed by atoms with van der Waals surface area (Å²) in [5, 5.41) is -2.47. The lowest BCUT2D eigenvalue weighted by Gasteiger charge is -2.16. The van der Waals surface area contributed by atoms with Crippen molar-refractivity contribution in [3.05, 3.63) is 58.7 Å². The molecule has 0 spiro atoms. The minimum Gasteiger partial charge on any atom is -0.277 e. The number of hydrogen-bond donors (Lipinski definition) is 0. The van der Waals surface area contributed by atoms with Crippen molar-refractivity contribution >= 4 is 18.4 Å². The molecule has 2 aromatic rings. The lowest BCUT2D eigenvalue weighted by Crippen LogP contribution is -2.19. The quantitative estimate of drug-likeness (QED) is 0.358. The SMILES string of the molecule is O=[P](c1cc(C(F)(F)F)cc(C(F)(F)F)c1)c1cc(C(F)(F)F)cc(C(F)(F)F)c1. The van der Waals surface area contributed by atoms with Gasteiger partial charge in [-0.15, -0.1) is 0 Å². The zero-order valence-corrected chi connectivity index (χ0v) is 14.7. The van der Waals surface area contributed by atoms with Gasteiger partial charge in [0.1, 0.15) is 7.80 Å². The van der Waals surface area contributed by atoms with Crippen LogP contribution in [0.1, 0.15) is 22.3 Å². The molecule has 0 aliphatic carbocycles. The van der Waals surface area contributed by atoms with Crippen LogP contribution >= 0.6 is 7.80 Å². The van der Waals surface area contributed by atoms with E-state index in [2.05, 4.69) is 0 Å². The number of halogens is 12. The fourth-order valence-electron chi connectivity index (χ4n) is 2.26. The summed E-state index contributed by atoms with van der Waals surface area (Å²) in [7, 11) is -3.67. The smallest absolute Gasteiger partial charge is 0.277 e. The molecule has 2 rings (SSSR count). The number of benzene rings is 2. The van der Waals surface area contributed by atoms with Crippen LogP contribution in [-0.4, -0.2) is 0 Å². The predicted octanol–water partition coefficient (Wildman–Crippen LogP) is 6.54. The molecule has 0 heterocycles. The second-order valence-electron chi connectivity index (χ2n) is 5.82. The van der Waals surface area contributed by atoms with E-state index >= 15 is 0 Å². The van der Waals surface area contributed by atoms with Crippen molar-refractivity contribution in [3.63, 3.8) is 0 Å². The molecule has 0 N–H and O–H groups in total. The molecule has 1 radical (unpaired) electrons. The van der Waals surface area contributed by atoms with Gasteiger partial charge in [-0.25, -0.2) is 0 Å². The molecule has 0 aliphatic heterocycles. The van der Waals surface area contributed by atoms with Crippen LogP contribution in [0.25, 0.3) is 0 Å².